The summed E-state index contributed by atoms with van der Waals surface area (Å²) in [5, 5.41) is 4.94. The number of ether oxygens (including phenoxy) is 1. The molecule has 11 nitrogen and oxygen atoms in total. The number of alkyl carbamates (subject to hydrolysis) is 1. The summed E-state index contributed by atoms with van der Waals surface area (Å²) in [5.41, 5.74) is 6.13. The Morgan fingerprint density at radius 1 is 0.816 bits per heavy atom. The Balaban J connectivity index is 1.05. The zero-order valence-corrected chi connectivity index (χ0v) is 28.0. The second-order valence-corrected chi connectivity index (χ2v) is 13.3. The highest BCUT2D eigenvalue weighted by molar-refractivity contribution is 5.91. The lowest BCUT2D eigenvalue weighted by Crippen LogP contribution is -2.51. The molecule has 3 N–H and O–H groups in total. The van der Waals surface area contributed by atoms with Crippen molar-refractivity contribution < 1.29 is 19.1 Å². The van der Waals surface area contributed by atoms with E-state index in [1.54, 1.807) is 0 Å². The third kappa shape index (κ3) is 6.40. The molecule has 5 aromatic rings. The van der Waals surface area contributed by atoms with Gasteiger partial charge in [0.15, 0.2) is 0 Å². The number of rotatable bonds is 9. The van der Waals surface area contributed by atoms with Crippen molar-refractivity contribution in [3.8, 4) is 33.6 Å². The number of carbonyl (C=O) groups excluding carboxylic acids is 3. The molecule has 4 heterocycles. The van der Waals surface area contributed by atoms with Crippen molar-refractivity contribution in [1.29, 1.82) is 0 Å². The molecule has 7 rings (SSSR count). The lowest BCUT2D eigenvalue weighted by molar-refractivity contribution is -0.135. The molecule has 2 aromatic heterocycles. The Bertz CT molecular complexity index is 1980. The number of carbonyl (C=O) groups is 3. The number of nitrogens with one attached hydrogen (secondary N) is 3. The molecule has 3 atom stereocenters. The zero-order valence-electron chi connectivity index (χ0n) is 28.0. The van der Waals surface area contributed by atoms with E-state index in [0.717, 1.165) is 94.7 Å². The van der Waals surface area contributed by atoms with Crippen molar-refractivity contribution >= 4 is 29.2 Å². The quantitative estimate of drug-likeness (QED) is 0.152. The van der Waals surface area contributed by atoms with Gasteiger partial charge in [0.25, 0.3) is 0 Å². The monoisotopic (exact) mass is 659 g/mol. The maximum absolute atomic E-state index is 13.5. The molecule has 3 unspecified atom stereocenters. The summed E-state index contributed by atoms with van der Waals surface area (Å²) in [6.07, 6.45) is 7.56. The fraction of sp³-hybridized carbons (Fsp3) is 0.342. The summed E-state index contributed by atoms with van der Waals surface area (Å²) < 4.78 is 4.75. The predicted octanol–water partition coefficient (Wildman–Crippen LogP) is 6.62. The van der Waals surface area contributed by atoms with Crippen LogP contribution in [0.25, 0.3) is 44.4 Å². The van der Waals surface area contributed by atoms with E-state index < -0.39 is 12.1 Å². The van der Waals surface area contributed by atoms with Crippen molar-refractivity contribution in [3.05, 3.63) is 84.7 Å². The molecule has 0 spiro atoms. The number of benzene rings is 3. The minimum absolute atomic E-state index is 0.0214. The Kier molecular flexibility index (Phi) is 8.90. The first-order chi connectivity index (χ1) is 23.8. The van der Waals surface area contributed by atoms with Gasteiger partial charge >= 0.3 is 6.09 Å². The van der Waals surface area contributed by atoms with Crippen molar-refractivity contribution in [3.63, 3.8) is 0 Å². The van der Waals surface area contributed by atoms with E-state index in [2.05, 4.69) is 80.9 Å². The van der Waals surface area contributed by atoms with Crippen LogP contribution in [0, 0.1) is 5.92 Å². The molecule has 2 aliphatic rings. The standard InChI is InChI=1S/C38H41N7O4/c1-23(2)34(43-38(48)49-3)37(47)45-17-5-7-33(45)36-40-21-31(42-36)29-15-14-27-18-26(12-13-28(27)19-29)24-8-10-25(11-9-24)30-20-39-35(41-30)32-6-4-16-44(32)22-46/h8-15,18-23,32-34H,4-7,16-17H2,1-3H3,(H,39,41)(H,40,42)(H,43,48). The molecular weight excluding hydrogens is 618 g/mol. The number of amides is 3. The first kappa shape index (κ1) is 32.1. The van der Waals surface area contributed by atoms with Crippen molar-refractivity contribution in [2.75, 3.05) is 20.2 Å². The third-order valence-corrected chi connectivity index (χ3v) is 9.86. The van der Waals surface area contributed by atoms with Crippen LogP contribution in [0.2, 0.25) is 0 Å². The predicted molar refractivity (Wildman–Crippen MR) is 187 cm³/mol. The van der Waals surface area contributed by atoms with Crippen LogP contribution in [0.15, 0.2) is 73.1 Å². The normalized spacial score (nSPS) is 18.3. The van der Waals surface area contributed by atoms with Gasteiger partial charge in [-0.15, -0.1) is 0 Å². The molecule has 2 saturated heterocycles. The van der Waals surface area contributed by atoms with Gasteiger partial charge in [-0.25, -0.2) is 14.8 Å². The highest BCUT2D eigenvalue weighted by atomic mass is 16.5. The third-order valence-electron chi connectivity index (χ3n) is 9.86. The second-order valence-electron chi connectivity index (χ2n) is 13.3. The number of H-pyrrole nitrogens is 2. The molecule has 0 saturated carbocycles. The van der Waals surface area contributed by atoms with Gasteiger partial charge in [0.05, 0.1) is 43.0 Å². The fourth-order valence-electron chi connectivity index (χ4n) is 7.14. The van der Waals surface area contributed by atoms with E-state index in [1.807, 2.05) is 36.0 Å². The Morgan fingerprint density at radius 3 is 2.06 bits per heavy atom. The van der Waals surface area contributed by atoms with Crippen LogP contribution < -0.4 is 5.32 Å². The molecule has 3 aromatic carbocycles. The van der Waals surface area contributed by atoms with E-state index in [0.29, 0.717) is 6.54 Å². The van der Waals surface area contributed by atoms with Crippen LogP contribution in [0.1, 0.15) is 63.3 Å². The summed E-state index contributed by atoms with van der Waals surface area (Å²) in [5.74, 6) is 1.36. The minimum atomic E-state index is -0.673. The van der Waals surface area contributed by atoms with Gasteiger partial charge in [0, 0.05) is 18.7 Å². The van der Waals surface area contributed by atoms with Gasteiger partial charge in [-0.3, -0.25) is 9.59 Å². The van der Waals surface area contributed by atoms with E-state index in [4.69, 9.17) is 9.72 Å². The number of aromatic nitrogens is 4. The molecule has 2 fully saturated rings. The molecule has 11 heteroatoms. The minimum Gasteiger partial charge on any atom is -0.453 e. The molecule has 0 aliphatic carbocycles. The summed E-state index contributed by atoms with van der Waals surface area (Å²) in [6.45, 7) is 5.20. The fourth-order valence-corrected chi connectivity index (χ4v) is 7.14. The number of imidazole rings is 2. The second kappa shape index (κ2) is 13.6. The highest BCUT2D eigenvalue weighted by Gasteiger charge is 2.37. The number of likely N-dealkylation sites (tertiary alicyclic amines) is 2. The van der Waals surface area contributed by atoms with Crippen LogP contribution >= 0.6 is 0 Å². The Hall–Kier alpha value is -5.45. The van der Waals surface area contributed by atoms with Crippen LogP contribution in [0.5, 0.6) is 0 Å². The number of aromatic amines is 2. The number of nitrogens with zero attached hydrogens (tertiary/aromatic N) is 4. The van der Waals surface area contributed by atoms with Gasteiger partial charge in [0.2, 0.25) is 12.3 Å². The average molecular weight is 660 g/mol. The number of fused-ring (bicyclic) bond motifs is 1. The van der Waals surface area contributed by atoms with E-state index in [9.17, 15) is 14.4 Å². The van der Waals surface area contributed by atoms with Gasteiger partial charge in [-0.1, -0.05) is 62.4 Å². The van der Waals surface area contributed by atoms with Crippen molar-refractivity contribution in [2.45, 2.75) is 57.7 Å². The highest BCUT2D eigenvalue weighted by Crippen LogP contribution is 2.35. The van der Waals surface area contributed by atoms with Crippen LogP contribution in [0.3, 0.4) is 0 Å². The summed E-state index contributed by atoms with van der Waals surface area (Å²) in [6, 6.07) is 20.4. The van der Waals surface area contributed by atoms with Crippen LogP contribution in [-0.2, 0) is 14.3 Å². The van der Waals surface area contributed by atoms with Gasteiger partial charge < -0.3 is 29.8 Å². The van der Waals surface area contributed by atoms with Gasteiger partial charge in [0.1, 0.15) is 17.7 Å². The summed E-state index contributed by atoms with van der Waals surface area (Å²) >= 11 is 0. The average Bonchev–Trinajstić information content (AvgIpc) is 3.96. The number of hydrogen-bond acceptors (Lipinski definition) is 6. The Morgan fingerprint density at radius 2 is 1.39 bits per heavy atom. The lowest BCUT2D eigenvalue weighted by atomic mass is 9.98. The van der Waals surface area contributed by atoms with E-state index >= 15 is 0 Å². The summed E-state index contributed by atoms with van der Waals surface area (Å²) in [4.78, 5) is 56.6. The maximum Gasteiger partial charge on any atom is 0.407 e. The molecule has 0 bridgehead atoms. The summed E-state index contributed by atoms with van der Waals surface area (Å²) in [7, 11) is 1.30. The molecule has 252 valence electrons. The van der Waals surface area contributed by atoms with Crippen molar-refractivity contribution in [1.82, 2.24) is 35.1 Å². The number of hydrogen-bond donors (Lipinski definition) is 3. The first-order valence-corrected chi connectivity index (χ1v) is 16.9. The van der Waals surface area contributed by atoms with Gasteiger partial charge in [-0.05, 0) is 71.2 Å². The van der Waals surface area contributed by atoms with Gasteiger partial charge in [-0.2, -0.15) is 0 Å². The molecule has 3 amide bonds. The van der Waals surface area contributed by atoms with E-state index in [-0.39, 0.29) is 23.9 Å². The smallest absolute Gasteiger partial charge is 0.407 e. The van der Waals surface area contributed by atoms with Crippen LogP contribution in [-0.4, -0.2) is 74.4 Å². The molecule has 2 aliphatic heterocycles. The van der Waals surface area contributed by atoms with Crippen molar-refractivity contribution in [2.24, 2.45) is 5.92 Å². The lowest BCUT2D eigenvalue weighted by Gasteiger charge is -2.30. The molecule has 0 radical (unpaired) electrons. The Labute approximate surface area is 285 Å². The zero-order chi connectivity index (χ0) is 34.1. The SMILES string of the molecule is COC(=O)NC(C(=O)N1CCCC1c1ncc(-c2ccc3cc(-c4ccc(-c5cnc(C6CCCN6C=O)[nH]5)cc4)ccc3c2)[nH]1)C(C)C. The largest absolute Gasteiger partial charge is 0.453 e. The van der Waals surface area contributed by atoms with E-state index in [1.165, 1.54) is 7.11 Å². The number of methoxy groups -OCH3 is 1. The molecule has 49 heavy (non-hydrogen) atoms. The maximum atomic E-state index is 13.5. The van der Waals surface area contributed by atoms with Crippen LogP contribution in [0.4, 0.5) is 4.79 Å². The molecular formula is C38H41N7O4. The first-order valence-electron chi connectivity index (χ1n) is 16.9. The topological polar surface area (TPSA) is 136 Å².